The van der Waals surface area contributed by atoms with Crippen LogP contribution in [0.1, 0.15) is 26.7 Å². The number of carbonyl (C=O) groups excluding carboxylic acids is 2. The van der Waals surface area contributed by atoms with E-state index in [4.69, 9.17) is 5.73 Å². The molecule has 0 aliphatic heterocycles. The molecule has 0 saturated heterocycles. The molecule has 0 unspecified atom stereocenters. The number of carbonyl (C=O) groups is 2. The van der Waals surface area contributed by atoms with Crippen LogP contribution in [0.5, 0.6) is 0 Å². The second-order valence-corrected chi connectivity index (χ2v) is 3.45. The van der Waals surface area contributed by atoms with Gasteiger partial charge in [-0.25, -0.2) is 0 Å². The number of hydrogen-bond donors (Lipinski definition) is 2. The van der Waals surface area contributed by atoms with Crippen molar-refractivity contribution in [3.63, 3.8) is 0 Å². The summed E-state index contributed by atoms with van der Waals surface area (Å²) >= 11 is 0. The first kappa shape index (κ1) is 13.9. The van der Waals surface area contributed by atoms with E-state index in [-0.39, 0.29) is 18.4 Å². The Hall–Kier alpha value is -1.10. The van der Waals surface area contributed by atoms with Gasteiger partial charge in [-0.05, 0) is 12.8 Å². The summed E-state index contributed by atoms with van der Waals surface area (Å²) in [7, 11) is 1.55. The third kappa shape index (κ3) is 4.78. The van der Waals surface area contributed by atoms with E-state index in [1.165, 1.54) is 4.90 Å². The standard InChI is InChI=1S/C10H21N3O2/c1-4-6-13(7-9(14)12-3)10(15)8(11)5-2/h8H,4-7,11H2,1-3H3,(H,12,14)/t8-/m0/s1. The summed E-state index contributed by atoms with van der Waals surface area (Å²) in [5.74, 6) is -0.317. The van der Waals surface area contributed by atoms with Gasteiger partial charge in [0.25, 0.3) is 0 Å². The van der Waals surface area contributed by atoms with Crippen LogP contribution in [0.2, 0.25) is 0 Å². The van der Waals surface area contributed by atoms with Crippen molar-refractivity contribution in [2.75, 3.05) is 20.1 Å². The summed E-state index contributed by atoms with van der Waals surface area (Å²) in [6.45, 7) is 4.48. The zero-order valence-corrected chi connectivity index (χ0v) is 9.75. The highest BCUT2D eigenvalue weighted by Crippen LogP contribution is 1.98. The summed E-state index contributed by atoms with van der Waals surface area (Å²) in [5.41, 5.74) is 5.64. The number of nitrogens with two attached hydrogens (primary N) is 1. The van der Waals surface area contributed by atoms with Crippen LogP contribution in [0.3, 0.4) is 0 Å². The van der Waals surface area contributed by atoms with E-state index in [1.807, 2.05) is 13.8 Å². The summed E-state index contributed by atoms with van der Waals surface area (Å²) in [6, 6.07) is -0.499. The highest BCUT2D eigenvalue weighted by molar-refractivity contribution is 5.87. The minimum Gasteiger partial charge on any atom is -0.358 e. The van der Waals surface area contributed by atoms with Gasteiger partial charge in [-0.15, -0.1) is 0 Å². The average molecular weight is 215 g/mol. The van der Waals surface area contributed by atoms with Crippen molar-refractivity contribution in [2.45, 2.75) is 32.7 Å². The van der Waals surface area contributed by atoms with Crippen LogP contribution in [0.15, 0.2) is 0 Å². The number of rotatable bonds is 6. The summed E-state index contributed by atoms with van der Waals surface area (Å²) in [5, 5.41) is 2.49. The topological polar surface area (TPSA) is 75.4 Å². The Morgan fingerprint density at radius 3 is 2.40 bits per heavy atom. The Bertz CT molecular complexity index is 219. The molecule has 0 radical (unpaired) electrons. The third-order valence-electron chi connectivity index (χ3n) is 2.18. The second-order valence-electron chi connectivity index (χ2n) is 3.45. The molecule has 1 atom stereocenters. The van der Waals surface area contributed by atoms with Crippen molar-refractivity contribution in [1.29, 1.82) is 0 Å². The number of nitrogens with one attached hydrogen (secondary N) is 1. The number of amides is 2. The van der Waals surface area contributed by atoms with Crippen molar-refractivity contribution >= 4 is 11.8 Å². The molecule has 0 spiro atoms. The Labute approximate surface area is 91.0 Å². The highest BCUT2D eigenvalue weighted by Gasteiger charge is 2.20. The quantitative estimate of drug-likeness (QED) is 0.639. The average Bonchev–Trinajstić information content (AvgIpc) is 2.26. The molecule has 0 bridgehead atoms. The van der Waals surface area contributed by atoms with E-state index in [0.717, 1.165) is 6.42 Å². The maximum Gasteiger partial charge on any atom is 0.239 e. The largest absolute Gasteiger partial charge is 0.358 e. The Balaban J connectivity index is 4.37. The fourth-order valence-corrected chi connectivity index (χ4v) is 1.20. The molecule has 2 amide bonds. The molecule has 0 aromatic carbocycles. The van der Waals surface area contributed by atoms with Crippen molar-refractivity contribution in [2.24, 2.45) is 5.73 Å². The van der Waals surface area contributed by atoms with Gasteiger partial charge in [0.2, 0.25) is 11.8 Å². The molecule has 15 heavy (non-hydrogen) atoms. The monoisotopic (exact) mass is 215 g/mol. The molecule has 0 saturated carbocycles. The maximum atomic E-state index is 11.7. The van der Waals surface area contributed by atoms with Gasteiger partial charge in [0.05, 0.1) is 12.6 Å². The SMILES string of the molecule is CCCN(CC(=O)NC)C(=O)[C@@H](N)CC. The first-order valence-electron chi connectivity index (χ1n) is 5.31. The van der Waals surface area contributed by atoms with Gasteiger partial charge >= 0.3 is 0 Å². The lowest BCUT2D eigenvalue weighted by Gasteiger charge is -2.23. The van der Waals surface area contributed by atoms with Crippen molar-refractivity contribution < 1.29 is 9.59 Å². The molecule has 5 nitrogen and oxygen atoms in total. The highest BCUT2D eigenvalue weighted by atomic mass is 16.2. The Morgan fingerprint density at radius 1 is 1.40 bits per heavy atom. The molecule has 0 heterocycles. The van der Waals surface area contributed by atoms with E-state index in [2.05, 4.69) is 5.32 Å². The van der Waals surface area contributed by atoms with E-state index < -0.39 is 6.04 Å². The van der Waals surface area contributed by atoms with Gasteiger partial charge in [0.1, 0.15) is 0 Å². The van der Waals surface area contributed by atoms with Crippen LogP contribution in [0.4, 0.5) is 0 Å². The predicted molar refractivity (Wildman–Crippen MR) is 59.2 cm³/mol. The number of nitrogens with zero attached hydrogens (tertiary/aromatic N) is 1. The predicted octanol–water partition coefficient (Wildman–Crippen LogP) is -0.292. The first-order valence-corrected chi connectivity index (χ1v) is 5.31. The Morgan fingerprint density at radius 2 is 2.00 bits per heavy atom. The van der Waals surface area contributed by atoms with Crippen LogP contribution in [-0.2, 0) is 9.59 Å². The van der Waals surface area contributed by atoms with Gasteiger partial charge in [-0.2, -0.15) is 0 Å². The lowest BCUT2D eigenvalue weighted by Crippen LogP contribution is -2.47. The van der Waals surface area contributed by atoms with Crippen LogP contribution in [0.25, 0.3) is 0 Å². The third-order valence-corrected chi connectivity index (χ3v) is 2.18. The zero-order valence-electron chi connectivity index (χ0n) is 9.75. The molecular weight excluding hydrogens is 194 g/mol. The summed E-state index contributed by atoms with van der Waals surface area (Å²) in [6.07, 6.45) is 1.41. The van der Waals surface area contributed by atoms with Crippen LogP contribution < -0.4 is 11.1 Å². The normalized spacial score (nSPS) is 12.0. The number of hydrogen-bond acceptors (Lipinski definition) is 3. The molecule has 0 rings (SSSR count). The number of likely N-dealkylation sites (N-methyl/N-ethyl adjacent to an activating group) is 1. The molecule has 5 heteroatoms. The van der Waals surface area contributed by atoms with E-state index in [1.54, 1.807) is 7.05 Å². The van der Waals surface area contributed by atoms with E-state index in [0.29, 0.717) is 13.0 Å². The van der Waals surface area contributed by atoms with Crippen LogP contribution >= 0.6 is 0 Å². The Kier molecular flexibility index (Phi) is 6.70. The fraction of sp³-hybridized carbons (Fsp3) is 0.800. The second kappa shape index (κ2) is 7.23. The molecule has 0 aromatic rings. The van der Waals surface area contributed by atoms with Gasteiger partial charge in [-0.3, -0.25) is 9.59 Å². The lowest BCUT2D eigenvalue weighted by molar-refractivity contribution is -0.137. The minimum atomic E-state index is -0.499. The fourth-order valence-electron chi connectivity index (χ4n) is 1.20. The molecule has 0 aromatic heterocycles. The van der Waals surface area contributed by atoms with Gasteiger partial charge in [-0.1, -0.05) is 13.8 Å². The van der Waals surface area contributed by atoms with Gasteiger partial charge in [0.15, 0.2) is 0 Å². The molecule has 3 N–H and O–H groups in total. The van der Waals surface area contributed by atoms with E-state index >= 15 is 0 Å². The molecular formula is C10H21N3O2. The van der Waals surface area contributed by atoms with Gasteiger partial charge in [0, 0.05) is 13.6 Å². The summed E-state index contributed by atoms with van der Waals surface area (Å²) in [4.78, 5) is 24.4. The van der Waals surface area contributed by atoms with Gasteiger partial charge < -0.3 is 16.0 Å². The maximum absolute atomic E-state index is 11.7. The smallest absolute Gasteiger partial charge is 0.239 e. The summed E-state index contributed by atoms with van der Waals surface area (Å²) < 4.78 is 0. The molecule has 0 aliphatic carbocycles. The van der Waals surface area contributed by atoms with Crippen LogP contribution in [0, 0.1) is 0 Å². The lowest BCUT2D eigenvalue weighted by atomic mass is 10.2. The van der Waals surface area contributed by atoms with Crippen molar-refractivity contribution in [1.82, 2.24) is 10.2 Å². The molecule has 0 aliphatic rings. The first-order chi connectivity index (χ1) is 7.06. The van der Waals surface area contributed by atoms with E-state index in [9.17, 15) is 9.59 Å². The minimum absolute atomic E-state index is 0.0941. The molecule has 88 valence electrons. The molecule has 0 fully saturated rings. The zero-order chi connectivity index (χ0) is 11.8. The van der Waals surface area contributed by atoms with Crippen molar-refractivity contribution in [3.8, 4) is 0 Å². The van der Waals surface area contributed by atoms with Crippen molar-refractivity contribution in [3.05, 3.63) is 0 Å². The van der Waals surface area contributed by atoms with Crippen LogP contribution in [-0.4, -0.2) is 42.9 Å².